The van der Waals surface area contributed by atoms with Gasteiger partial charge in [0.15, 0.2) is 0 Å². The molecule has 1 aliphatic rings. The molecule has 1 aliphatic carbocycles. The van der Waals surface area contributed by atoms with E-state index in [9.17, 15) is 4.79 Å². The molecule has 0 saturated heterocycles. The molecule has 0 saturated carbocycles. The van der Waals surface area contributed by atoms with Crippen LogP contribution in [0.4, 0.5) is 0 Å². The number of carbonyl (C=O) groups excluding carboxylic acids is 1. The van der Waals surface area contributed by atoms with Gasteiger partial charge in [-0.3, -0.25) is 9.78 Å². The molecule has 2 aromatic carbocycles. The first-order valence-electron chi connectivity index (χ1n) is 8.51. The van der Waals surface area contributed by atoms with Crippen LogP contribution >= 0.6 is 0 Å². The molecule has 120 valence electrons. The minimum absolute atomic E-state index is 0.103. The Kier molecular flexibility index (Phi) is 3.99. The highest BCUT2D eigenvalue weighted by Gasteiger charge is 2.23. The SMILES string of the molecule is O=C(CCc1ccc2ccccc2n1)NC1CCc2ccccc21. The van der Waals surface area contributed by atoms with E-state index in [2.05, 4.69) is 40.6 Å². The molecule has 0 radical (unpaired) electrons. The summed E-state index contributed by atoms with van der Waals surface area (Å²) in [5.41, 5.74) is 4.59. The molecule has 3 heteroatoms. The number of amides is 1. The van der Waals surface area contributed by atoms with Gasteiger partial charge in [0.1, 0.15) is 0 Å². The van der Waals surface area contributed by atoms with E-state index in [1.165, 1.54) is 11.1 Å². The lowest BCUT2D eigenvalue weighted by Crippen LogP contribution is -2.27. The Morgan fingerprint density at radius 2 is 1.88 bits per heavy atom. The number of benzene rings is 2. The molecule has 1 unspecified atom stereocenters. The van der Waals surface area contributed by atoms with E-state index in [0.717, 1.165) is 29.4 Å². The van der Waals surface area contributed by atoms with Crippen LogP contribution in [0.15, 0.2) is 60.7 Å². The maximum absolute atomic E-state index is 12.3. The molecule has 1 amide bonds. The monoisotopic (exact) mass is 316 g/mol. The largest absolute Gasteiger partial charge is 0.349 e. The van der Waals surface area contributed by atoms with Crippen LogP contribution in [0.25, 0.3) is 10.9 Å². The van der Waals surface area contributed by atoms with Crippen LogP contribution in [-0.2, 0) is 17.6 Å². The number of nitrogens with one attached hydrogen (secondary N) is 1. The van der Waals surface area contributed by atoms with Gasteiger partial charge >= 0.3 is 0 Å². The Morgan fingerprint density at radius 1 is 1.04 bits per heavy atom. The standard InChI is InChI=1S/C21H20N2O/c24-21(23-20-13-10-15-5-1-3-7-18(15)20)14-12-17-11-9-16-6-2-4-8-19(16)22-17/h1-9,11,20H,10,12-14H2,(H,23,24). The van der Waals surface area contributed by atoms with Gasteiger partial charge in [-0.1, -0.05) is 48.5 Å². The predicted octanol–water partition coefficient (Wildman–Crippen LogP) is 3.97. The van der Waals surface area contributed by atoms with E-state index in [1.54, 1.807) is 0 Å². The molecule has 0 aliphatic heterocycles. The van der Waals surface area contributed by atoms with Crippen molar-refractivity contribution in [1.82, 2.24) is 10.3 Å². The van der Waals surface area contributed by atoms with Crippen LogP contribution in [0, 0.1) is 0 Å². The summed E-state index contributed by atoms with van der Waals surface area (Å²) in [6.45, 7) is 0. The van der Waals surface area contributed by atoms with Gasteiger partial charge in [-0.2, -0.15) is 0 Å². The average molecular weight is 316 g/mol. The predicted molar refractivity (Wildman–Crippen MR) is 95.7 cm³/mol. The third-order valence-corrected chi connectivity index (χ3v) is 4.73. The molecule has 0 fully saturated rings. The van der Waals surface area contributed by atoms with Crippen molar-refractivity contribution in [2.75, 3.05) is 0 Å². The highest BCUT2D eigenvalue weighted by molar-refractivity contribution is 5.79. The Bertz CT molecular complexity index is 888. The summed E-state index contributed by atoms with van der Waals surface area (Å²) in [6, 6.07) is 20.7. The molecule has 1 aromatic heterocycles. The van der Waals surface area contributed by atoms with Crippen molar-refractivity contribution >= 4 is 16.8 Å². The van der Waals surface area contributed by atoms with Crippen LogP contribution in [-0.4, -0.2) is 10.9 Å². The van der Waals surface area contributed by atoms with Gasteiger partial charge in [-0.25, -0.2) is 0 Å². The summed E-state index contributed by atoms with van der Waals surface area (Å²) < 4.78 is 0. The second kappa shape index (κ2) is 6.44. The van der Waals surface area contributed by atoms with Crippen LogP contribution in [0.1, 0.15) is 35.7 Å². The van der Waals surface area contributed by atoms with E-state index in [-0.39, 0.29) is 11.9 Å². The topological polar surface area (TPSA) is 42.0 Å². The number of rotatable bonds is 4. The number of nitrogens with zero attached hydrogens (tertiary/aromatic N) is 1. The van der Waals surface area contributed by atoms with Gasteiger partial charge in [0, 0.05) is 17.5 Å². The maximum Gasteiger partial charge on any atom is 0.220 e. The number of para-hydroxylation sites is 1. The zero-order chi connectivity index (χ0) is 16.4. The maximum atomic E-state index is 12.3. The van der Waals surface area contributed by atoms with Gasteiger partial charge in [0.2, 0.25) is 5.91 Å². The van der Waals surface area contributed by atoms with Gasteiger partial charge in [0.25, 0.3) is 0 Å². The Hall–Kier alpha value is -2.68. The fourth-order valence-corrected chi connectivity index (χ4v) is 3.46. The van der Waals surface area contributed by atoms with Crippen LogP contribution in [0.5, 0.6) is 0 Å². The number of hydrogen-bond acceptors (Lipinski definition) is 2. The zero-order valence-corrected chi connectivity index (χ0v) is 13.5. The minimum atomic E-state index is 0.103. The summed E-state index contributed by atoms with van der Waals surface area (Å²) in [4.78, 5) is 16.9. The molecule has 1 heterocycles. The lowest BCUT2D eigenvalue weighted by molar-refractivity contribution is -0.121. The van der Waals surface area contributed by atoms with Gasteiger partial charge in [0.05, 0.1) is 11.6 Å². The van der Waals surface area contributed by atoms with Gasteiger partial charge in [-0.05, 0) is 42.5 Å². The van der Waals surface area contributed by atoms with Crippen molar-refractivity contribution in [2.45, 2.75) is 31.7 Å². The molecule has 3 aromatic rings. The van der Waals surface area contributed by atoms with Crippen molar-refractivity contribution in [3.8, 4) is 0 Å². The van der Waals surface area contributed by atoms with Crippen molar-refractivity contribution in [1.29, 1.82) is 0 Å². The summed E-state index contributed by atoms with van der Waals surface area (Å²) >= 11 is 0. The van der Waals surface area contributed by atoms with Crippen LogP contribution in [0.3, 0.4) is 0 Å². The van der Waals surface area contributed by atoms with E-state index in [1.807, 2.05) is 30.3 Å². The normalized spacial score (nSPS) is 16.1. The molecule has 0 bridgehead atoms. The highest BCUT2D eigenvalue weighted by Crippen LogP contribution is 2.30. The van der Waals surface area contributed by atoms with Crippen molar-refractivity contribution in [2.24, 2.45) is 0 Å². The average Bonchev–Trinajstić information content (AvgIpc) is 3.03. The Balaban J connectivity index is 1.38. The number of hydrogen-bond donors (Lipinski definition) is 1. The smallest absolute Gasteiger partial charge is 0.220 e. The molecular formula is C21H20N2O. The van der Waals surface area contributed by atoms with E-state index >= 15 is 0 Å². The summed E-state index contributed by atoms with van der Waals surface area (Å²) in [5.74, 6) is 0.103. The number of carbonyl (C=O) groups is 1. The quantitative estimate of drug-likeness (QED) is 0.791. The fourth-order valence-electron chi connectivity index (χ4n) is 3.46. The lowest BCUT2D eigenvalue weighted by Gasteiger charge is -2.14. The highest BCUT2D eigenvalue weighted by atomic mass is 16.1. The molecule has 1 atom stereocenters. The Labute approximate surface area is 141 Å². The second-order valence-electron chi connectivity index (χ2n) is 6.35. The second-order valence-corrected chi connectivity index (χ2v) is 6.35. The molecule has 4 rings (SSSR count). The van der Waals surface area contributed by atoms with Crippen molar-refractivity contribution in [3.05, 3.63) is 77.5 Å². The van der Waals surface area contributed by atoms with Crippen molar-refractivity contribution < 1.29 is 4.79 Å². The number of aryl methyl sites for hydroxylation is 2. The third kappa shape index (κ3) is 3.02. The van der Waals surface area contributed by atoms with E-state index in [0.29, 0.717) is 12.8 Å². The molecule has 0 spiro atoms. The Morgan fingerprint density at radius 3 is 2.83 bits per heavy atom. The minimum Gasteiger partial charge on any atom is -0.349 e. The summed E-state index contributed by atoms with van der Waals surface area (Å²) in [6.07, 6.45) is 3.20. The van der Waals surface area contributed by atoms with Gasteiger partial charge in [-0.15, -0.1) is 0 Å². The van der Waals surface area contributed by atoms with Gasteiger partial charge < -0.3 is 5.32 Å². The molecular weight excluding hydrogens is 296 g/mol. The third-order valence-electron chi connectivity index (χ3n) is 4.73. The fraction of sp³-hybridized carbons (Fsp3) is 0.238. The molecule has 3 nitrogen and oxygen atoms in total. The van der Waals surface area contributed by atoms with E-state index < -0.39 is 0 Å². The molecule has 24 heavy (non-hydrogen) atoms. The first-order chi connectivity index (χ1) is 11.8. The van der Waals surface area contributed by atoms with Crippen LogP contribution in [0.2, 0.25) is 0 Å². The number of aromatic nitrogens is 1. The number of pyridine rings is 1. The molecule has 1 N–H and O–H groups in total. The first kappa shape index (κ1) is 14.9. The van der Waals surface area contributed by atoms with Crippen molar-refractivity contribution in [3.63, 3.8) is 0 Å². The zero-order valence-electron chi connectivity index (χ0n) is 13.5. The van der Waals surface area contributed by atoms with E-state index in [4.69, 9.17) is 0 Å². The van der Waals surface area contributed by atoms with Crippen LogP contribution < -0.4 is 5.32 Å². The number of fused-ring (bicyclic) bond motifs is 2. The lowest BCUT2D eigenvalue weighted by atomic mass is 10.1. The first-order valence-corrected chi connectivity index (χ1v) is 8.51. The summed E-state index contributed by atoms with van der Waals surface area (Å²) in [7, 11) is 0. The summed E-state index contributed by atoms with van der Waals surface area (Å²) in [5, 5.41) is 4.31.